The summed E-state index contributed by atoms with van der Waals surface area (Å²) >= 11 is 0. The van der Waals surface area contributed by atoms with Gasteiger partial charge in [0.1, 0.15) is 18.3 Å². The fourth-order valence-corrected chi connectivity index (χ4v) is 0.432. The van der Waals surface area contributed by atoms with E-state index in [-0.39, 0.29) is 12.4 Å². The van der Waals surface area contributed by atoms with Gasteiger partial charge in [-0.05, 0) is 13.8 Å². The maximum Gasteiger partial charge on any atom is 0.316 e. The van der Waals surface area contributed by atoms with Crippen LogP contribution in [0.1, 0.15) is 13.8 Å². The molecule has 0 fully saturated rings. The molecule has 0 bridgehead atoms. The molecule has 62 valence electrons. The number of rotatable bonds is 4. The third-order valence-corrected chi connectivity index (χ3v) is 1.31. The molecule has 0 aliphatic heterocycles. The van der Waals surface area contributed by atoms with Crippen molar-refractivity contribution in [2.24, 2.45) is 5.92 Å². The standard InChI is InChI=1S/C8H12O3/c1-4-5-11-8(10)6(2)7(3)9/h4,6H,1,5H2,2-3H3. The van der Waals surface area contributed by atoms with E-state index < -0.39 is 11.9 Å². The van der Waals surface area contributed by atoms with E-state index in [4.69, 9.17) is 0 Å². The summed E-state index contributed by atoms with van der Waals surface area (Å²) in [5, 5.41) is 0. The highest BCUT2D eigenvalue weighted by Crippen LogP contribution is 1.99. The maximum atomic E-state index is 10.9. The largest absolute Gasteiger partial charge is 0.461 e. The minimum Gasteiger partial charge on any atom is -0.461 e. The van der Waals surface area contributed by atoms with E-state index >= 15 is 0 Å². The molecule has 0 saturated heterocycles. The van der Waals surface area contributed by atoms with Crippen LogP contribution in [-0.2, 0) is 14.3 Å². The van der Waals surface area contributed by atoms with Crippen molar-refractivity contribution in [1.29, 1.82) is 0 Å². The average Bonchev–Trinajstić information content (AvgIpc) is 1.98. The first kappa shape index (κ1) is 9.88. The minimum absolute atomic E-state index is 0.163. The van der Waals surface area contributed by atoms with Crippen LogP contribution in [0.25, 0.3) is 0 Å². The lowest BCUT2D eigenvalue weighted by Gasteiger charge is -2.05. The zero-order valence-electron chi connectivity index (χ0n) is 6.79. The van der Waals surface area contributed by atoms with Gasteiger partial charge in [-0.2, -0.15) is 0 Å². The third-order valence-electron chi connectivity index (χ3n) is 1.31. The van der Waals surface area contributed by atoms with E-state index in [9.17, 15) is 9.59 Å². The van der Waals surface area contributed by atoms with Crippen molar-refractivity contribution in [1.82, 2.24) is 0 Å². The number of ketones is 1. The second-order valence-electron chi connectivity index (χ2n) is 2.25. The Bertz CT molecular complexity index is 172. The fraction of sp³-hybridized carbons (Fsp3) is 0.500. The first-order valence-corrected chi connectivity index (χ1v) is 3.37. The Kier molecular flexibility index (Phi) is 4.18. The van der Waals surface area contributed by atoms with Crippen LogP contribution in [0.5, 0.6) is 0 Å². The van der Waals surface area contributed by atoms with Crippen LogP contribution in [0.4, 0.5) is 0 Å². The van der Waals surface area contributed by atoms with Crippen LogP contribution >= 0.6 is 0 Å². The Labute approximate surface area is 66.0 Å². The summed E-state index contributed by atoms with van der Waals surface area (Å²) in [5.41, 5.74) is 0. The number of Topliss-reactive ketones (excluding diaryl/α,β-unsaturated/α-hetero) is 1. The Hall–Kier alpha value is -1.12. The molecule has 0 rings (SSSR count). The lowest BCUT2D eigenvalue weighted by Crippen LogP contribution is -2.21. The van der Waals surface area contributed by atoms with Gasteiger partial charge in [0.2, 0.25) is 0 Å². The summed E-state index contributed by atoms with van der Waals surface area (Å²) in [6, 6.07) is 0. The molecule has 1 atom stereocenters. The first-order chi connectivity index (χ1) is 5.09. The highest BCUT2D eigenvalue weighted by molar-refractivity contribution is 5.97. The maximum absolute atomic E-state index is 10.9. The Morgan fingerprint density at radius 2 is 2.18 bits per heavy atom. The molecule has 0 heterocycles. The molecule has 11 heavy (non-hydrogen) atoms. The second-order valence-corrected chi connectivity index (χ2v) is 2.25. The number of esters is 1. The van der Waals surface area contributed by atoms with Gasteiger partial charge in [-0.3, -0.25) is 9.59 Å². The van der Waals surface area contributed by atoms with Gasteiger partial charge in [-0.25, -0.2) is 0 Å². The fourth-order valence-electron chi connectivity index (χ4n) is 0.432. The lowest BCUT2D eigenvalue weighted by atomic mass is 10.1. The molecular formula is C8H12O3. The van der Waals surface area contributed by atoms with Crippen molar-refractivity contribution in [2.45, 2.75) is 13.8 Å². The van der Waals surface area contributed by atoms with Crippen LogP contribution in [0, 0.1) is 5.92 Å². The van der Waals surface area contributed by atoms with E-state index in [0.29, 0.717) is 0 Å². The number of hydrogen-bond acceptors (Lipinski definition) is 3. The van der Waals surface area contributed by atoms with Crippen molar-refractivity contribution >= 4 is 11.8 Å². The molecule has 0 aromatic carbocycles. The van der Waals surface area contributed by atoms with Crippen molar-refractivity contribution < 1.29 is 14.3 Å². The molecule has 1 unspecified atom stereocenters. The smallest absolute Gasteiger partial charge is 0.316 e. The van der Waals surface area contributed by atoms with Gasteiger partial charge >= 0.3 is 5.97 Å². The molecule has 0 aliphatic carbocycles. The van der Waals surface area contributed by atoms with Crippen LogP contribution in [0.15, 0.2) is 12.7 Å². The zero-order valence-corrected chi connectivity index (χ0v) is 6.79. The van der Waals surface area contributed by atoms with Gasteiger partial charge in [0.05, 0.1) is 0 Å². The minimum atomic E-state index is -0.657. The second kappa shape index (κ2) is 4.66. The summed E-state index contributed by atoms with van der Waals surface area (Å²) in [4.78, 5) is 21.5. The molecule has 0 spiro atoms. The quantitative estimate of drug-likeness (QED) is 0.345. The molecule has 0 amide bonds. The Balaban J connectivity index is 3.82. The van der Waals surface area contributed by atoms with Gasteiger partial charge in [0.15, 0.2) is 0 Å². The van der Waals surface area contributed by atoms with Gasteiger partial charge < -0.3 is 4.74 Å². The van der Waals surface area contributed by atoms with Crippen LogP contribution in [0.2, 0.25) is 0 Å². The summed E-state index contributed by atoms with van der Waals surface area (Å²) in [7, 11) is 0. The average molecular weight is 156 g/mol. The summed E-state index contributed by atoms with van der Waals surface area (Å²) in [6.45, 7) is 6.42. The Morgan fingerprint density at radius 1 is 1.64 bits per heavy atom. The molecule has 0 aromatic rings. The molecule has 0 radical (unpaired) electrons. The molecule has 0 aromatic heterocycles. The van der Waals surface area contributed by atoms with E-state index in [0.717, 1.165) is 0 Å². The third kappa shape index (κ3) is 3.55. The number of ether oxygens (including phenoxy) is 1. The highest BCUT2D eigenvalue weighted by atomic mass is 16.5. The van der Waals surface area contributed by atoms with E-state index in [1.54, 1.807) is 0 Å². The SMILES string of the molecule is C=CCOC(=O)C(C)C(C)=O. The molecule has 3 nitrogen and oxygen atoms in total. The summed E-state index contributed by atoms with van der Waals surface area (Å²) in [5.74, 6) is -1.33. The summed E-state index contributed by atoms with van der Waals surface area (Å²) in [6.07, 6.45) is 1.46. The number of hydrogen-bond donors (Lipinski definition) is 0. The van der Waals surface area contributed by atoms with Crippen LogP contribution in [-0.4, -0.2) is 18.4 Å². The van der Waals surface area contributed by atoms with Gasteiger partial charge in [-0.1, -0.05) is 12.7 Å². The van der Waals surface area contributed by atoms with Crippen molar-refractivity contribution in [3.05, 3.63) is 12.7 Å². The highest BCUT2D eigenvalue weighted by Gasteiger charge is 2.17. The van der Waals surface area contributed by atoms with Crippen molar-refractivity contribution in [3.8, 4) is 0 Å². The van der Waals surface area contributed by atoms with E-state index in [2.05, 4.69) is 11.3 Å². The molecule has 3 heteroatoms. The number of carbonyl (C=O) groups is 2. The number of carbonyl (C=O) groups excluding carboxylic acids is 2. The van der Waals surface area contributed by atoms with Gasteiger partial charge in [0.25, 0.3) is 0 Å². The van der Waals surface area contributed by atoms with Crippen molar-refractivity contribution in [3.63, 3.8) is 0 Å². The normalized spacial score (nSPS) is 11.8. The summed E-state index contributed by atoms with van der Waals surface area (Å²) < 4.78 is 4.64. The monoisotopic (exact) mass is 156 g/mol. The predicted octanol–water partition coefficient (Wildman–Crippen LogP) is 0.941. The molecule has 0 aliphatic rings. The van der Waals surface area contributed by atoms with Crippen LogP contribution in [0.3, 0.4) is 0 Å². The Morgan fingerprint density at radius 3 is 2.55 bits per heavy atom. The van der Waals surface area contributed by atoms with Crippen molar-refractivity contribution in [2.75, 3.05) is 6.61 Å². The molecular weight excluding hydrogens is 144 g/mol. The van der Waals surface area contributed by atoms with Gasteiger partial charge in [0, 0.05) is 0 Å². The van der Waals surface area contributed by atoms with E-state index in [1.807, 2.05) is 0 Å². The lowest BCUT2D eigenvalue weighted by molar-refractivity contribution is -0.149. The topological polar surface area (TPSA) is 43.4 Å². The molecule has 0 saturated carbocycles. The molecule has 0 N–H and O–H groups in total. The predicted molar refractivity (Wildman–Crippen MR) is 41.0 cm³/mol. The van der Waals surface area contributed by atoms with E-state index in [1.165, 1.54) is 19.9 Å². The van der Waals surface area contributed by atoms with Crippen LogP contribution < -0.4 is 0 Å². The van der Waals surface area contributed by atoms with Gasteiger partial charge in [-0.15, -0.1) is 0 Å². The zero-order chi connectivity index (χ0) is 8.85. The first-order valence-electron chi connectivity index (χ1n) is 3.37.